The van der Waals surface area contributed by atoms with Gasteiger partial charge in [-0.1, -0.05) is 22.9 Å². The number of nitrogens with zero attached hydrogens (tertiary/aromatic N) is 2. The maximum absolute atomic E-state index is 13.7. The Bertz CT molecular complexity index is 563. The SMILES string of the molecule is CCCn1cc(C(O)c2c(F)cc(Br)cc2F)cn1. The number of aliphatic hydroxyl groups is 1. The first kappa shape index (κ1) is 14.1. The summed E-state index contributed by atoms with van der Waals surface area (Å²) < 4.78 is 29.4. The molecule has 19 heavy (non-hydrogen) atoms. The first-order chi connectivity index (χ1) is 9.02. The molecular formula is C13H13BrF2N2O. The van der Waals surface area contributed by atoms with Gasteiger partial charge in [0.05, 0.1) is 11.8 Å². The lowest BCUT2D eigenvalue weighted by atomic mass is 10.0. The minimum absolute atomic E-state index is 0.292. The Hall–Kier alpha value is -1.27. The molecule has 6 heteroatoms. The third kappa shape index (κ3) is 3.01. The van der Waals surface area contributed by atoms with Crippen LogP contribution in [0.25, 0.3) is 0 Å². The number of aromatic nitrogens is 2. The molecule has 2 aromatic rings. The van der Waals surface area contributed by atoms with Crippen LogP contribution in [0, 0.1) is 11.6 Å². The fraction of sp³-hybridized carbons (Fsp3) is 0.308. The van der Waals surface area contributed by atoms with Crippen LogP contribution in [0.1, 0.15) is 30.6 Å². The van der Waals surface area contributed by atoms with E-state index in [2.05, 4.69) is 21.0 Å². The molecule has 0 amide bonds. The predicted molar refractivity (Wildman–Crippen MR) is 70.6 cm³/mol. The Labute approximate surface area is 118 Å². The molecule has 1 unspecified atom stereocenters. The molecule has 3 nitrogen and oxygen atoms in total. The Morgan fingerprint density at radius 1 is 1.37 bits per heavy atom. The van der Waals surface area contributed by atoms with E-state index in [1.165, 1.54) is 6.20 Å². The summed E-state index contributed by atoms with van der Waals surface area (Å²) in [4.78, 5) is 0. The summed E-state index contributed by atoms with van der Waals surface area (Å²) in [6, 6.07) is 2.25. The first-order valence-electron chi connectivity index (χ1n) is 5.87. The van der Waals surface area contributed by atoms with Gasteiger partial charge in [-0.15, -0.1) is 0 Å². The van der Waals surface area contributed by atoms with Crippen molar-refractivity contribution in [2.24, 2.45) is 0 Å². The second kappa shape index (κ2) is 5.79. The summed E-state index contributed by atoms with van der Waals surface area (Å²) in [5, 5.41) is 14.1. The van der Waals surface area contributed by atoms with Crippen LogP contribution >= 0.6 is 15.9 Å². The molecular weight excluding hydrogens is 318 g/mol. The monoisotopic (exact) mass is 330 g/mol. The highest BCUT2D eigenvalue weighted by atomic mass is 79.9. The van der Waals surface area contributed by atoms with Gasteiger partial charge in [0.1, 0.15) is 17.7 Å². The molecule has 0 radical (unpaired) electrons. The number of halogens is 3. The van der Waals surface area contributed by atoms with E-state index in [1.807, 2.05) is 6.92 Å². The zero-order chi connectivity index (χ0) is 14.0. The van der Waals surface area contributed by atoms with Crippen LogP contribution in [0.15, 0.2) is 29.0 Å². The van der Waals surface area contributed by atoms with Crippen molar-refractivity contribution in [3.8, 4) is 0 Å². The number of aliphatic hydroxyl groups excluding tert-OH is 1. The third-order valence-corrected chi connectivity index (χ3v) is 3.20. The van der Waals surface area contributed by atoms with E-state index in [9.17, 15) is 13.9 Å². The molecule has 2 rings (SSSR count). The largest absolute Gasteiger partial charge is 0.383 e. The van der Waals surface area contributed by atoms with Gasteiger partial charge in [-0.3, -0.25) is 4.68 Å². The minimum atomic E-state index is -1.36. The predicted octanol–water partition coefficient (Wildman–Crippen LogP) is 3.42. The summed E-state index contributed by atoms with van der Waals surface area (Å²) in [6.07, 6.45) is 2.54. The van der Waals surface area contributed by atoms with Crippen molar-refractivity contribution in [1.82, 2.24) is 9.78 Å². The average molecular weight is 331 g/mol. The van der Waals surface area contributed by atoms with Crippen molar-refractivity contribution >= 4 is 15.9 Å². The lowest BCUT2D eigenvalue weighted by Crippen LogP contribution is -2.05. The van der Waals surface area contributed by atoms with E-state index in [0.717, 1.165) is 18.6 Å². The van der Waals surface area contributed by atoms with Gasteiger partial charge in [-0.25, -0.2) is 8.78 Å². The highest BCUT2D eigenvalue weighted by Gasteiger charge is 2.21. The molecule has 1 heterocycles. The molecule has 0 saturated heterocycles. The number of rotatable bonds is 4. The van der Waals surface area contributed by atoms with Gasteiger partial charge in [0.2, 0.25) is 0 Å². The molecule has 0 bridgehead atoms. The Morgan fingerprint density at radius 3 is 2.58 bits per heavy atom. The number of aryl methyl sites for hydroxylation is 1. The molecule has 1 atom stereocenters. The van der Waals surface area contributed by atoms with Crippen molar-refractivity contribution < 1.29 is 13.9 Å². The zero-order valence-electron chi connectivity index (χ0n) is 10.3. The Morgan fingerprint density at radius 2 is 2.00 bits per heavy atom. The minimum Gasteiger partial charge on any atom is -0.383 e. The number of hydrogen-bond acceptors (Lipinski definition) is 2. The smallest absolute Gasteiger partial charge is 0.133 e. The molecule has 0 aliphatic carbocycles. The van der Waals surface area contributed by atoms with E-state index in [1.54, 1.807) is 10.9 Å². The van der Waals surface area contributed by atoms with Crippen LogP contribution in [-0.4, -0.2) is 14.9 Å². The first-order valence-corrected chi connectivity index (χ1v) is 6.67. The molecule has 0 aliphatic rings. The average Bonchev–Trinajstić information content (AvgIpc) is 2.76. The normalized spacial score (nSPS) is 12.7. The van der Waals surface area contributed by atoms with Crippen molar-refractivity contribution in [2.45, 2.75) is 26.0 Å². The van der Waals surface area contributed by atoms with Gasteiger partial charge in [-0.2, -0.15) is 5.10 Å². The molecule has 0 fully saturated rings. The van der Waals surface area contributed by atoms with Crippen molar-refractivity contribution in [1.29, 1.82) is 0 Å². The van der Waals surface area contributed by atoms with Crippen molar-refractivity contribution in [3.63, 3.8) is 0 Å². The molecule has 0 aliphatic heterocycles. The topological polar surface area (TPSA) is 38.0 Å². The second-order valence-corrected chi connectivity index (χ2v) is 5.14. The summed E-state index contributed by atoms with van der Waals surface area (Å²) in [5.41, 5.74) is 0.00724. The van der Waals surface area contributed by atoms with Crippen LogP contribution in [0.2, 0.25) is 0 Å². The lowest BCUT2D eigenvalue weighted by Gasteiger charge is -2.11. The third-order valence-electron chi connectivity index (χ3n) is 2.74. The summed E-state index contributed by atoms with van der Waals surface area (Å²) in [7, 11) is 0. The summed E-state index contributed by atoms with van der Waals surface area (Å²) in [5.74, 6) is -1.58. The Kier molecular flexibility index (Phi) is 4.31. The van der Waals surface area contributed by atoms with E-state index >= 15 is 0 Å². The van der Waals surface area contributed by atoms with Crippen LogP contribution in [0.4, 0.5) is 8.78 Å². The lowest BCUT2D eigenvalue weighted by molar-refractivity contribution is 0.209. The number of benzene rings is 1. The van der Waals surface area contributed by atoms with Crippen LogP contribution in [-0.2, 0) is 6.54 Å². The van der Waals surface area contributed by atoms with Crippen LogP contribution in [0.3, 0.4) is 0 Å². The van der Waals surface area contributed by atoms with E-state index in [4.69, 9.17) is 0 Å². The highest BCUT2D eigenvalue weighted by Crippen LogP contribution is 2.29. The van der Waals surface area contributed by atoms with Gasteiger partial charge in [0.25, 0.3) is 0 Å². The summed E-state index contributed by atoms with van der Waals surface area (Å²) >= 11 is 3.00. The molecule has 0 saturated carbocycles. The Balaban J connectivity index is 2.35. The van der Waals surface area contributed by atoms with Crippen LogP contribution in [0.5, 0.6) is 0 Å². The van der Waals surface area contributed by atoms with Gasteiger partial charge in [0.15, 0.2) is 0 Å². The quantitative estimate of drug-likeness (QED) is 0.932. The molecule has 102 valence electrons. The van der Waals surface area contributed by atoms with E-state index < -0.39 is 17.7 Å². The van der Waals surface area contributed by atoms with Crippen LogP contribution < -0.4 is 0 Å². The molecule has 1 aromatic heterocycles. The van der Waals surface area contributed by atoms with E-state index in [-0.39, 0.29) is 5.56 Å². The second-order valence-electron chi connectivity index (χ2n) is 4.22. The fourth-order valence-electron chi connectivity index (χ4n) is 1.85. The van der Waals surface area contributed by atoms with Crippen molar-refractivity contribution in [2.75, 3.05) is 0 Å². The molecule has 1 N–H and O–H groups in total. The molecule has 1 aromatic carbocycles. The fourth-order valence-corrected chi connectivity index (χ4v) is 2.26. The van der Waals surface area contributed by atoms with Gasteiger partial charge in [-0.05, 0) is 18.6 Å². The molecule has 0 spiro atoms. The zero-order valence-corrected chi connectivity index (χ0v) is 11.9. The van der Waals surface area contributed by atoms with Gasteiger partial charge >= 0.3 is 0 Å². The number of hydrogen-bond donors (Lipinski definition) is 1. The standard InChI is InChI=1S/C13H13BrF2N2O/c1-2-3-18-7-8(6-17-18)13(19)12-10(15)4-9(14)5-11(12)16/h4-7,13,19H,2-3H2,1H3. The van der Waals surface area contributed by atoms with Crippen molar-refractivity contribution in [3.05, 3.63) is 51.8 Å². The van der Waals surface area contributed by atoms with Gasteiger partial charge in [0, 0.05) is 22.8 Å². The summed E-state index contributed by atoms with van der Waals surface area (Å²) in [6.45, 7) is 2.68. The maximum Gasteiger partial charge on any atom is 0.133 e. The van der Waals surface area contributed by atoms with E-state index in [0.29, 0.717) is 16.6 Å². The maximum atomic E-state index is 13.7. The van der Waals surface area contributed by atoms with Gasteiger partial charge < -0.3 is 5.11 Å². The highest BCUT2D eigenvalue weighted by molar-refractivity contribution is 9.10.